The number of amides is 2. The zero-order chi connectivity index (χ0) is 23.0. The molecule has 1 saturated heterocycles. The Bertz CT molecular complexity index is 982. The molecule has 2 aromatic rings. The predicted molar refractivity (Wildman–Crippen MR) is 119 cm³/mol. The summed E-state index contributed by atoms with van der Waals surface area (Å²) in [5.74, 6) is 0.745. The molecular weight excluding hydrogens is 396 g/mol. The van der Waals surface area contributed by atoms with Crippen molar-refractivity contribution in [3.05, 3.63) is 42.0 Å². The van der Waals surface area contributed by atoms with Crippen LogP contribution in [0.25, 0.3) is 10.8 Å². The molecule has 0 aromatic heterocycles. The fourth-order valence-electron chi connectivity index (χ4n) is 3.74. The van der Waals surface area contributed by atoms with Gasteiger partial charge in [0.15, 0.2) is 0 Å². The summed E-state index contributed by atoms with van der Waals surface area (Å²) in [4.78, 5) is 26.9. The SMILES string of the molecule is COc1ccc(C2(NC(=O)OC(C)(C)C)CN(C(=O)OC(C)(C)C)C2)c2ccccc12. The molecule has 31 heavy (non-hydrogen) atoms. The average molecular weight is 429 g/mol. The molecule has 1 heterocycles. The van der Waals surface area contributed by atoms with Crippen LogP contribution < -0.4 is 10.1 Å². The minimum atomic E-state index is -0.800. The minimum absolute atomic E-state index is 0.275. The van der Waals surface area contributed by atoms with Crippen LogP contribution in [0.2, 0.25) is 0 Å². The smallest absolute Gasteiger partial charge is 0.410 e. The van der Waals surface area contributed by atoms with Crippen LogP contribution >= 0.6 is 0 Å². The van der Waals surface area contributed by atoms with Crippen LogP contribution in [0.5, 0.6) is 5.75 Å². The van der Waals surface area contributed by atoms with Crippen LogP contribution in [0.4, 0.5) is 9.59 Å². The number of hydrogen-bond donors (Lipinski definition) is 1. The number of likely N-dealkylation sites (tertiary alicyclic amines) is 1. The van der Waals surface area contributed by atoms with Gasteiger partial charge in [-0.3, -0.25) is 0 Å². The van der Waals surface area contributed by atoms with Gasteiger partial charge in [0, 0.05) is 5.39 Å². The first-order valence-electron chi connectivity index (χ1n) is 10.4. The molecule has 1 aliphatic rings. The molecule has 1 aliphatic heterocycles. The number of fused-ring (bicyclic) bond motifs is 1. The van der Waals surface area contributed by atoms with Gasteiger partial charge in [-0.25, -0.2) is 9.59 Å². The number of ether oxygens (including phenoxy) is 3. The number of methoxy groups -OCH3 is 1. The van der Waals surface area contributed by atoms with E-state index in [1.54, 1.807) is 12.0 Å². The molecule has 0 bridgehead atoms. The van der Waals surface area contributed by atoms with Crippen molar-refractivity contribution < 1.29 is 23.8 Å². The van der Waals surface area contributed by atoms with E-state index in [-0.39, 0.29) is 13.1 Å². The first kappa shape index (κ1) is 22.7. The van der Waals surface area contributed by atoms with Crippen molar-refractivity contribution in [2.45, 2.75) is 58.3 Å². The molecule has 0 spiro atoms. The third kappa shape index (κ3) is 5.03. The van der Waals surface area contributed by atoms with Crippen LogP contribution in [0.15, 0.2) is 36.4 Å². The van der Waals surface area contributed by atoms with Gasteiger partial charge in [0.2, 0.25) is 0 Å². The first-order valence-corrected chi connectivity index (χ1v) is 10.4. The zero-order valence-electron chi connectivity index (χ0n) is 19.4. The Morgan fingerprint density at radius 1 is 0.903 bits per heavy atom. The van der Waals surface area contributed by atoms with E-state index in [1.807, 2.05) is 77.9 Å². The second kappa shape index (κ2) is 7.94. The fourth-order valence-corrected chi connectivity index (χ4v) is 3.74. The standard InChI is InChI=1S/C24H32N2O5/c1-22(2,3)30-20(27)25-24(14-26(15-24)21(28)31-23(4,5)6)18-12-13-19(29-7)17-11-9-8-10-16(17)18/h8-13H,14-15H2,1-7H3,(H,25,27). The van der Waals surface area contributed by atoms with Crippen molar-refractivity contribution in [3.63, 3.8) is 0 Å². The molecule has 0 unspecified atom stereocenters. The molecule has 7 nitrogen and oxygen atoms in total. The van der Waals surface area contributed by atoms with Crippen LogP contribution in [0, 0.1) is 0 Å². The van der Waals surface area contributed by atoms with E-state index >= 15 is 0 Å². The summed E-state index contributed by atoms with van der Waals surface area (Å²) in [6.45, 7) is 11.5. The number of carbonyl (C=O) groups is 2. The Kier molecular flexibility index (Phi) is 5.82. The number of carbonyl (C=O) groups excluding carboxylic acids is 2. The lowest BCUT2D eigenvalue weighted by Crippen LogP contribution is -2.69. The topological polar surface area (TPSA) is 77.1 Å². The summed E-state index contributed by atoms with van der Waals surface area (Å²) in [7, 11) is 1.63. The highest BCUT2D eigenvalue weighted by molar-refractivity contribution is 5.92. The Labute approximate surface area is 183 Å². The van der Waals surface area contributed by atoms with Gasteiger partial charge in [0.1, 0.15) is 22.5 Å². The predicted octanol–water partition coefficient (Wildman–Crippen LogP) is 4.82. The normalized spacial score (nSPS) is 15.8. The zero-order valence-corrected chi connectivity index (χ0v) is 19.4. The molecule has 0 saturated carbocycles. The Morgan fingerprint density at radius 2 is 1.48 bits per heavy atom. The molecule has 2 aromatic carbocycles. The van der Waals surface area contributed by atoms with Gasteiger partial charge in [-0.1, -0.05) is 30.3 Å². The molecule has 1 fully saturated rings. The van der Waals surface area contributed by atoms with Gasteiger partial charge in [-0.05, 0) is 58.6 Å². The molecule has 2 amide bonds. The summed E-state index contributed by atoms with van der Waals surface area (Å²) in [5.41, 5.74) is -1.14. The largest absolute Gasteiger partial charge is 0.496 e. The molecule has 0 radical (unpaired) electrons. The van der Waals surface area contributed by atoms with Gasteiger partial charge < -0.3 is 24.4 Å². The summed E-state index contributed by atoms with van der Waals surface area (Å²) < 4.78 is 16.5. The summed E-state index contributed by atoms with van der Waals surface area (Å²) in [5, 5.41) is 4.91. The average Bonchev–Trinajstić information content (AvgIpc) is 2.60. The van der Waals surface area contributed by atoms with Crippen molar-refractivity contribution >= 4 is 23.0 Å². The van der Waals surface area contributed by atoms with Crippen LogP contribution in [0.3, 0.4) is 0 Å². The van der Waals surface area contributed by atoms with Crippen molar-refractivity contribution in [1.82, 2.24) is 10.2 Å². The van der Waals surface area contributed by atoms with E-state index in [2.05, 4.69) is 5.32 Å². The van der Waals surface area contributed by atoms with Crippen molar-refractivity contribution in [3.8, 4) is 5.75 Å². The Morgan fingerprint density at radius 3 is 2.03 bits per heavy atom. The van der Waals surface area contributed by atoms with Crippen LogP contribution in [0.1, 0.15) is 47.1 Å². The van der Waals surface area contributed by atoms with Gasteiger partial charge in [0.25, 0.3) is 0 Å². The van der Waals surface area contributed by atoms with Gasteiger partial charge in [0.05, 0.1) is 20.2 Å². The number of benzene rings is 2. The maximum atomic E-state index is 12.7. The lowest BCUT2D eigenvalue weighted by atomic mass is 9.80. The molecule has 168 valence electrons. The molecule has 1 N–H and O–H groups in total. The molecule has 0 atom stereocenters. The third-order valence-corrected chi connectivity index (χ3v) is 4.93. The monoisotopic (exact) mass is 428 g/mol. The second-order valence-corrected chi connectivity index (χ2v) is 9.91. The van der Waals surface area contributed by atoms with E-state index in [0.29, 0.717) is 0 Å². The number of alkyl carbamates (subject to hydrolysis) is 1. The van der Waals surface area contributed by atoms with E-state index < -0.39 is 28.9 Å². The molecule has 7 heteroatoms. The second-order valence-electron chi connectivity index (χ2n) is 9.91. The maximum absolute atomic E-state index is 12.7. The number of nitrogens with one attached hydrogen (secondary N) is 1. The Hall–Kier alpha value is -2.96. The Balaban J connectivity index is 1.98. The quantitative estimate of drug-likeness (QED) is 0.758. The minimum Gasteiger partial charge on any atom is -0.496 e. The van der Waals surface area contributed by atoms with Crippen molar-refractivity contribution in [2.75, 3.05) is 20.2 Å². The molecular formula is C24H32N2O5. The van der Waals surface area contributed by atoms with Gasteiger partial charge in [-0.2, -0.15) is 0 Å². The van der Waals surface area contributed by atoms with E-state index in [4.69, 9.17) is 14.2 Å². The fraction of sp³-hybridized carbons (Fsp3) is 0.500. The maximum Gasteiger partial charge on any atom is 0.410 e. The van der Waals surface area contributed by atoms with Gasteiger partial charge in [-0.15, -0.1) is 0 Å². The lowest BCUT2D eigenvalue weighted by molar-refractivity contribution is -0.0226. The summed E-state index contributed by atoms with van der Waals surface area (Å²) in [6, 6.07) is 11.7. The highest BCUT2D eigenvalue weighted by atomic mass is 16.6. The van der Waals surface area contributed by atoms with Crippen molar-refractivity contribution in [1.29, 1.82) is 0 Å². The molecule has 0 aliphatic carbocycles. The lowest BCUT2D eigenvalue weighted by Gasteiger charge is -2.50. The highest BCUT2D eigenvalue weighted by Gasteiger charge is 2.50. The number of rotatable bonds is 3. The van der Waals surface area contributed by atoms with Crippen LogP contribution in [-0.2, 0) is 15.0 Å². The van der Waals surface area contributed by atoms with E-state index in [1.165, 1.54) is 0 Å². The third-order valence-electron chi connectivity index (χ3n) is 4.93. The summed E-state index contributed by atoms with van der Waals surface area (Å²) >= 11 is 0. The van der Waals surface area contributed by atoms with Crippen molar-refractivity contribution in [2.24, 2.45) is 0 Å². The number of hydrogen-bond acceptors (Lipinski definition) is 5. The van der Waals surface area contributed by atoms with Gasteiger partial charge >= 0.3 is 12.2 Å². The molecule has 3 rings (SSSR count). The van der Waals surface area contributed by atoms with E-state index in [0.717, 1.165) is 22.1 Å². The highest BCUT2D eigenvalue weighted by Crippen LogP contribution is 2.40. The van der Waals surface area contributed by atoms with E-state index in [9.17, 15) is 9.59 Å². The number of nitrogens with zero attached hydrogens (tertiary/aromatic N) is 1. The summed E-state index contributed by atoms with van der Waals surface area (Å²) in [6.07, 6.45) is -0.942. The first-order chi connectivity index (χ1) is 14.3. The van der Waals surface area contributed by atoms with Crippen LogP contribution in [-0.4, -0.2) is 48.5 Å².